The lowest BCUT2D eigenvalue weighted by atomic mass is 9.33. The zero-order valence-corrected chi connectivity index (χ0v) is 26.5. The molecular weight excluding hydrogens is 599 g/mol. The number of carbonyl (C=O) groups is 2. The fraction of sp³-hybridized carbons (Fsp3) is 0. The molecule has 0 atom stereocenters. The molecule has 9 rings (SSSR count). The van der Waals surface area contributed by atoms with E-state index in [-0.39, 0.29) is 6.71 Å². The summed E-state index contributed by atoms with van der Waals surface area (Å²) in [5.41, 5.74) is 16.4. The first-order valence-electron chi connectivity index (χ1n) is 16.4. The van der Waals surface area contributed by atoms with E-state index >= 15 is 0 Å². The van der Waals surface area contributed by atoms with Crippen molar-refractivity contribution < 1.29 is 9.59 Å². The molecule has 0 amide bonds. The molecule has 4 nitrogen and oxygen atoms in total. The second kappa shape index (κ2) is 11.7. The fourth-order valence-corrected chi connectivity index (χ4v) is 7.51. The lowest BCUT2D eigenvalue weighted by molar-refractivity contribution is 0.111. The molecule has 0 bridgehead atoms. The summed E-state index contributed by atoms with van der Waals surface area (Å²) in [7, 11) is 0. The van der Waals surface area contributed by atoms with Crippen molar-refractivity contribution in [3.63, 3.8) is 0 Å². The van der Waals surface area contributed by atoms with Gasteiger partial charge in [-0.2, -0.15) is 0 Å². The van der Waals surface area contributed by atoms with Crippen LogP contribution in [0.1, 0.15) is 20.7 Å². The highest BCUT2D eigenvalue weighted by Gasteiger charge is 2.42. The van der Waals surface area contributed by atoms with E-state index in [1.807, 2.05) is 48.5 Å². The Hall–Kier alpha value is -6.46. The number of carbonyl (C=O) groups excluding carboxylic acids is 2. The van der Waals surface area contributed by atoms with Crippen molar-refractivity contribution in [2.24, 2.45) is 0 Å². The zero-order valence-electron chi connectivity index (χ0n) is 26.5. The number of hydrogen-bond donors (Lipinski definition) is 0. The highest BCUT2D eigenvalue weighted by molar-refractivity contribution is 7.00. The molecular formula is C44H29BN2O2. The van der Waals surface area contributed by atoms with Crippen molar-refractivity contribution in [3.8, 4) is 22.3 Å². The predicted octanol–water partition coefficient (Wildman–Crippen LogP) is 8.73. The van der Waals surface area contributed by atoms with Crippen molar-refractivity contribution >= 4 is 69.8 Å². The molecule has 0 aliphatic carbocycles. The fourth-order valence-electron chi connectivity index (χ4n) is 7.51. The number of para-hydroxylation sites is 2. The molecule has 2 aliphatic rings. The Labute approximate surface area is 285 Å². The third-order valence-corrected chi connectivity index (χ3v) is 9.82. The van der Waals surface area contributed by atoms with Gasteiger partial charge in [-0.15, -0.1) is 0 Å². The van der Waals surface area contributed by atoms with Crippen LogP contribution in [0.2, 0.25) is 0 Å². The summed E-state index contributed by atoms with van der Waals surface area (Å²) < 4.78 is 0. The van der Waals surface area contributed by atoms with Crippen LogP contribution >= 0.6 is 0 Å². The molecule has 0 radical (unpaired) electrons. The summed E-state index contributed by atoms with van der Waals surface area (Å²) >= 11 is 0. The summed E-state index contributed by atoms with van der Waals surface area (Å²) in [5, 5.41) is 0. The van der Waals surface area contributed by atoms with E-state index in [0.29, 0.717) is 11.1 Å². The normalized spacial score (nSPS) is 12.5. The van der Waals surface area contributed by atoms with E-state index in [9.17, 15) is 9.59 Å². The van der Waals surface area contributed by atoms with Gasteiger partial charge in [0, 0.05) is 45.3 Å². The quantitative estimate of drug-likeness (QED) is 0.136. The number of anilines is 6. The third kappa shape index (κ3) is 4.70. The van der Waals surface area contributed by atoms with Crippen LogP contribution in [0.4, 0.5) is 34.1 Å². The van der Waals surface area contributed by atoms with E-state index in [1.54, 1.807) is 0 Å². The molecule has 7 aromatic carbocycles. The Morgan fingerprint density at radius 1 is 0.367 bits per heavy atom. The number of nitrogens with zero attached hydrogens (tertiary/aromatic N) is 2. The van der Waals surface area contributed by atoms with E-state index in [2.05, 4.69) is 125 Å². The van der Waals surface area contributed by atoms with Gasteiger partial charge in [-0.05, 0) is 87.2 Å². The standard InChI is InChI=1S/C44H29BN2O2/c48-28-30-12-16-32(17-13-30)34-20-24-36(25-21-34)46-40-8-3-1-6-38(40)45-39-7-2-4-9-41(39)47(43-11-5-10-42(46)44(43)45)37-26-22-35(23-27-37)33-18-14-31(29-49)15-19-33/h1-29H. The molecule has 0 fully saturated rings. The molecule has 5 heteroatoms. The maximum Gasteiger partial charge on any atom is 0.252 e. The Morgan fingerprint density at radius 2 is 0.714 bits per heavy atom. The minimum absolute atomic E-state index is 0.0808. The van der Waals surface area contributed by atoms with E-state index in [0.717, 1.165) is 57.6 Å². The van der Waals surface area contributed by atoms with Crippen molar-refractivity contribution in [1.29, 1.82) is 0 Å². The molecule has 0 saturated carbocycles. The Morgan fingerprint density at radius 3 is 1.10 bits per heavy atom. The van der Waals surface area contributed by atoms with Gasteiger partial charge in [0.05, 0.1) is 0 Å². The maximum absolute atomic E-state index is 11.2. The summed E-state index contributed by atoms with van der Waals surface area (Å²) in [6.45, 7) is 0.0808. The van der Waals surface area contributed by atoms with Gasteiger partial charge in [-0.1, -0.05) is 115 Å². The number of rotatable bonds is 6. The van der Waals surface area contributed by atoms with Gasteiger partial charge in [-0.3, -0.25) is 9.59 Å². The van der Waals surface area contributed by atoms with Crippen molar-refractivity contribution in [2.75, 3.05) is 9.80 Å². The van der Waals surface area contributed by atoms with Gasteiger partial charge in [0.15, 0.2) is 0 Å². The lowest BCUT2D eigenvalue weighted by Gasteiger charge is -2.44. The Kier molecular flexibility index (Phi) is 6.84. The first-order chi connectivity index (χ1) is 24.2. The van der Waals surface area contributed by atoms with Gasteiger partial charge in [0.2, 0.25) is 0 Å². The second-order valence-corrected chi connectivity index (χ2v) is 12.5. The van der Waals surface area contributed by atoms with Gasteiger partial charge in [-0.25, -0.2) is 0 Å². The topological polar surface area (TPSA) is 40.6 Å². The maximum atomic E-state index is 11.2. The molecule has 49 heavy (non-hydrogen) atoms. The first-order valence-corrected chi connectivity index (χ1v) is 16.4. The van der Waals surface area contributed by atoms with Crippen LogP contribution < -0.4 is 26.2 Å². The molecule has 230 valence electrons. The minimum Gasteiger partial charge on any atom is -0.311 e. The number of benzene rings is 7. The van der Waals surface area contributed by atoms with Gasteiger partial charge < -0.3 is 9.80 Å². The van der Waals surface area contributed by atoms with E-state index in [1.165, 1.54) is 27.8 Å². The zero-order chi connectivity index (χ0) is 32.9. The van der Waals surface area contributed by atoms with Crippen LogP contribution in [0, 0.1) is 0 Å². The number of fused-ring (bicyclic) bond motifs is 4. The van der Waals surface area contributed by atoms with Crippen LogP contribution in [-0.4, -0.2) is 19.3 Å². The van der Waals surface area contributed by atoms with Crippen LogP contribution in [0.5, 0.6) is 0 Å². The van der Waals surface area contributed by atoms with Crippen LogP contribution in [-0.2, 0) is 0 Å². The number of hydrogen-bond acceptors (Lipinski definition) is 4. The van der Waals surface area contributed by atoms with E-state index in [4.69, 9.17) is 0 Å². The molecule has 0 unspecified atom stereocenters. The Balaban J connectivity index is 1.17. The lowest BCUT2D eigenvalue weighted by Crippen LogP contribution is -2.61. The van der Waals surface area contributed by atoms with Crippen LogP contribution in [0.15, 0.2) is 164 Å². The second-order valence-electron chi connectivity index (χ2n) is 12.5. The average Bonchev–Trinajstić information content (AvgIpc) is 3.18. The summed E-state index contributed by atoms with van der Waals surface area (Å²) in [6.07, 6.45) is 1.75. The number of aldehydes is 2. The van der Waals surface area contributed by atoms with Crippen LogP contribution in [0.3, 0.4) is 0 Å². The molecule has 0 saturated heterocycles. The summed E-state index contributed by atoms with van der Waals surface area (Å²) in [6, 6.07) is 57.0. The summed E-state index contributed by atoms with van der Waals surface area (Å²) in [5.74, 6) is 0. The Bertz CT molecular complexity index is 2200. The van der Waals surface area contributed by atoms with E-state index < -0.39 is 0 Å². The highest BCUT2D eigenvalue weighted by atomic mass is 16.1. The van der Waals surface area contributed by atoms with Gasteiger partial charge in [0.25, 0.3) is 6.71 Å². The van der Waals surface area contributed by atoms with Gasteiger partial charge in [0.1, 0.15) is 12.6 Å². The van der Waals surface area contributed by atoms with Crippen molar-refractivity contribution in [2.45, 2.75) is 0 Å². The molecule has 7 aromatic rings. The molecule has 2 aliphatic heterocycles. The third-order valence-electron chi connectivity index (χ3n) is 9.82. The monoisotopic (exact) mass is 628 g/mol. The van der Waals surface area contributed by atoms with Gasteiger partial charge >= 0.3 is 0 Å². The predicted molar refractivity (Wildman–Crippen MR) is 202 cm³/mol. The van der Waals surface area contributed by atoms with Crippen molar-refractivity contribution in [3.05, 3.63) is 175 Å². The minimum atomic E-state index is 0.0808. The smallest absolute Gasteiger partial charge is 0.252 e. The molecule has 0 spiro atoms. The SMILES string of the molecule is O=Cc1ccc(-c2ccc(N3c4ccccc4B4c5ccccc5N(c5ccc(-c6ccc(C=O)cc6)cc5)c5cccc3c54)cc2)cc1. The molecule has 0 aromatic heterocycles. The molecule has 0 N–H and O–H groups in total. The van der Waals surface area contributed by atoms with Crippen LogP contribution in [0.25, 0.3) is 22.3 Å². The molecule has 2 heterocycles. The average molecular weight is 629 g/mol. The summed E-state index contributed by atoms with van der Waals surface area (Å²) in [4.78, 5) is 27.2. The highest BCUT2D eigenvalue weighted by Crippen LogP contribution is 2.44. The first kappa shape index (κ1) is 28.7. The van der Waals surface area contributed by atoms with Crippen molar-refractivity contribution in [1.82, 2.24) is 0 Å². The largest absolute Gasteiger partial charge is 0.311 e.